The van der Waals surface area contributed by atoms with E-state index in [0.29, 0.717) is 18.7 Å². The zero-order chi connectivity index (χ0) is 13.7. The van der Waals surface area contributed by atoms with Crippen LogP contribution in [0.1, 0.15) is 19.8 Å². The Bertz CT molecular complexity index is 461. The van der Waals surface area contributed by atoms with Crippen molar-refractivity contribution in [1.82, 2.24) is 8.91 Å². The number of amides is 3. The minimum absolute atomic E-state index is 0.105. The third-order valence-electron chi connectivity index (χ3n) is 1.81. The molecule has 1 aromatic rings. The molecular weight excluding hydrogens is 390 g/mol. The van der Waals surface area contributed by atoms with Crippen molar-refractivity contribution in [1.29, 1.82) is 0 Å². The normalized spacial score (nSPS) is 14.3. The Morgan fingerprint density at radius 3 is 2.28 bits per heavy atom. The van der Waals surface area contributed by atoms with Crippen LogP contribution in [0.25, 0.3) is 0 Å². The van der Waals surface area contributed by atoms with Gasteiger partial charge in [-0.3, -0.25) is 14.4 Å². The van der Waals surface area contributed by atoms with Gasteiger partial charge < -0.3 is 5.32 Å². The van der Waals surface area contributed by atoms with Crippen LogP contribution in [0.2, 0.25) is 0 Å². The molecule has 1 saturated heterocycles. The monoisotopic (exact) mass is 397 g/mol. The molecule has 2 heterocycles. The van der Waals surface area contributed by atoms with Crippen LogP contribution in [0, 0.1) is 0 Å². The summed E-state index contributed by atoms with van der Waals surface area (Å²) in [5.74, 6) is 0.203. The van der Waals surface area contributed by atoms with Gasteiger partial charge in [0.15, 0.2) is 5.82 Å². The Hall–Kier alpha value is -0.800. The molecule has 1 aromatic heterocycles. The summed E-state index contributed by atoms with van der Waals surface area (Å²) in [7, 11) is 0. The Labute approximate surface area is 124 Å². The first-order valence-electron chi connectivity index (χ1n) is 4.80. The molecule has 9 heteroatoms. The van der Waals surface area contributed by atoms with Crippen molar-refractivity contribution in [3.8, 4) is 0 Å². The number of hydrogen-bond donors (Lipinski definition) is 1. The Kier molecular flexibility index (Phi) is 5.89. The molecule has 0 aromatic carbocycles. The van der Waals surface area contributed by atoms with Crippen LogP contribution < -0.4 is 5.32 Å². The van der Waals surface area contributed by atoms with Crippen LogP contribution in [0.15, 0.2) is 9.30 Å². The highest BCUT2D eigenvalue weighted by Gasteiger charge is 2.26. The molecule has 18 heavy (non-hydrogen) atoms. The number of anilines is 1. The zero-order valence-corrected chi connectivity index (χ0v) is 13.3. The molecule has 1 fully saturated rings. The van der Waals surface area contributed by atoms with E-state index < -0.39 is 0 Å². The summed E-state index contributed by atoms with van der Waals surface area (Å²) in [6.45, 7) is 1.45. The van der Waals surface area contributed by atoms with Crippen molar-refractivity contribution in [2.45, 2.75) is 19.8 Å². The number of imide groups is 1. The highest BCUT2D eigenvalue weighted by atomic mass is 79.9. The van der Waals surface area contributed by atoms with Crippen LogP contribution in [-0.2, 0) is 14.4 Å². The predicted molar refractivity (Wildman–Crippen MR) is 74.1 cm³/mol. The van der Waals surface area contributed by atoms with Gasteiger partial charge in [0.25, 0.3) is 0 Å². The van der Waals surface area contributed by atoms with E-state index in [-0.39, 0.29) is 17.7 Å². The Balaban J connectivity index is 0.000000184. The fourth-order valence-electron chi connectivity index (χ4n) is 1.03. The minimum Gasteiger partial charge on any atom is -0.309 e. The van der Waals surface area contributed by atoms with Gasteiger partial charge in [0.05, 0.1) is 21.7 Å². The Morgan fingerprint density at radius 2 is 2.00 bits per heavy atom. The van der Waals surface area contributed by atoms with Crippen LogP contribution in [-0.4, -0.2) is 26.6 Å². The van der Waals surface area contributed by atoms with E-state index in [4.69, 9.17) is 0 Å². The van der Waals surface area contributed by atoms with Gasteiger partial charge in [0.2, 0.25) is 17.7 Å². The van der Waals surface area contributed by atoms with Gasteiger partial charge in [0.1, 0.15) is 3.79 Å². The minimum atomic E-state index is -0.144. The lowest BCUT2D eigenvalue weighted by atomic mass is 10.4. The van der Waals surface area contributed by atoms with Crippen molar-refractivity contribution in [3.05, 3.63) is 9.30 Å². The summed E-state index contributed by atoms with van der Waals surface area (Å²) >= 11 is 7.48. The average Bonchev–Trinajstić information content (AvgIpc) is 2.81. The van der Waals surface area contributed by atoms with Crippen LogP contribution >= 0.6 is 43.4 Å². The van der Waals surface area contributed by atoms with Crippen LogP contribution in [0.5, 0.6) is 0 Å². The lowest BCUT2D eigenvalue weighted by molar-refractivity contribution is -0.131. The number of halogens is 2. The molecular formula is C9H9Br2N3O3S. The highest BCUT2D eigenvalue weighted by molar-refractivity contribution is 9.11. The largest absolute Gasteiger partial charge is 0.309 e. The van der Waals surface area contributed by atoms with Crippen molar-refractivity contribution in [2.75, 3.05) is 5.32 Å². The maximum absolute atomic E-state index is 10.5. The maximum atomic E-state index is 10.5. The fraction of sp³-hybridized carbons (Fsp3) is 0.333. The van der Waals surface area contributed by atoms with E-state index >= 15 is 0 Å². The first kappa shape index (κ1) is 15.3. The second-order valence-electron chi connectivity index (χ2n) is 3.22. The number of carbonyl (C=O) groups is 3. The van der Waals surface area contributed by atoms with Gasteiger partial charge in [0, 0.05) is 19.8 Å². The van der Waals surface area contributed by atoms with Gasteiger partial charge in [-0.05, 0) is 15.9 Å². The van der Waals surface area contributed by atoms with Gasteiger partial charge in [-0.2, -0.15) is 0 Å². The average molecular weight is 399 g/mol. The summed E-state index contributed by atoms with van der Waals surface area (Å²) in [5.41, 5.74) is 1.66. The first-order chi connectivity index (χ1) is 8.41. The zero-order valence-electron chi connectivity index (χ0n) is 9.27. The van der Waals surface area contributed by atoms with Gasteiger partial charge in [-0.1, -0.05) is 0 Å². The number of nitrogens with one attached hydrogen (secondary N) is 1. The Morgan fingerprint density at radius 1 is 1.44 bits per heavy atom. The van der Waals surface area contributed by atoms with Crippen LogP contribution in [0.3, 0.4) is 0 Å². The molecule has 0 bridgehead atoms. The molecule has 0 radical (unpaired) electrons. The number of hydrogen-bond acceptors (Lipinski definition) is 5. The third-order valence-corrected chi connectivity index (χ3v) is 4.15. The van der Waals surface area contributed by atoms with E-state index in [1.54, 1.807) is 5.51 Å². The number of nitrogens with zero attached hydrogens (tertiary/aromatic N) is 2. The molecule has 0 atom stereocenters. The molecule has 0 spiro atoms. The van der Waals surface area contributed by atoms with Crippen molar-refractivity contribution >= 4 is 67.0 Å². The molecule has 98 valence electrons. The molecule has 6 nitrogen and oxygen atoms in total. The second-order valence-corrected chi connectivity index (χ2v) is 6.11. The number of carbonyl (C=O) groups excluding carboxylic acids is 3. The van der Waals surface area contributed by atoms with Crippen molar-refractivity contribution in [2.24, 2.45) is 0 Å². The number of thiazole rings is 1. The van der Waals surface area contributed by atoms with Crippen LogP contribution in [0.4, 0.5) is 5.82 Å². The van der Waals surface area contributed by atoms with E-state index in [2.05, 4.69) is 42.4 Å². The second kappa shape index (κ2) is 6.95. The van der Waals surface area contributed by atoms with Crippen molar-refractivity contribution < 1.29 is 14.4 Å². The molecule has 0 aliphatic carbocycles. The van der Waals surface area contributed by atoms with Gasteiger partial charge >= 0.3 is 0 Å². The van der Waals surface area contributed by atoms with Gasteiger partial charge in [-0.15, -0.1) is 11.3 Å². The van der Waals surface area contributed by atoms with E-state index in [9.17, 15) is 14.4 Å². The van der Waals surface area contributed by atoms with Gasteiger partial charge in [-0.25, -0.2) is 8.91 Å². The predicted octanol–water partition coefficient (Wildman–Crippen LogP) is 2.31. The molecule has 0 unspecified atom stereocenters. The summed E-state index contributed by atoms with van der Waals surface area (Å²) in [6.07, 6.45) is 0.703. The number of rotatable bonds is 1. The molecule has 3 amide bonds. The molecule has 1 aliphatic rings. The summed E-state index contributed by atoms with van der Waals surface area (Å²) in [6, 6.07) is 0. The quantitative estimate of drug-likeness (QED) is 0.581. The van der Waals surface area contributed by atoms with E-state index in [1.807, 2.05) is 0 Å². The fourth-order valence-corrected chi connectivity index (χ4v) is 2.30. The molecule has 1 aliphatic heterocycles. The van der Waals surface area contributed by atoms with Crippen molar-refractivity contribution in [3.63, 3.8) is 0 Å². The third kappa shape index (κ3) is 4.46. The molecule has 1 N–H and O–H groups in total. The topological polar surface area (TPSA) is 79.4 Å². The lowest BCUT2D eigenvalue weighted by Gasteiger charge is -1.97. The smallest absolute Gasteiger partial charge is 0.239 e. The standard InChI is InChI=1S/C5H5BrN2OS.C4H4BrNO2/c1-3(9)8-5-4(6)10-2-7-5;5-6-3(7)1-2-4(6)8/h2H,1H3,(H,8,9);1-2H2. The molecule has 2 rings (SSSR count). The maximum Gasteiger partial charge on any atom is 0.239 e. The summed E-state index contributed by atoms with van der Waals surface area (Å²) in [5, 5.41) is 2.57. The lowest BCUT2D eigenvalue weighted by Crippen LogP contribution is -2.16. The summed E-state index contributed by atoms with van der Waals surface area (Å²) < 4.78 is 1.83. The molecule has 0 saturated carbocycles. The van der Waals surface area contributed by atoms with E-state index in [0.717, 1.165) is 7.71 Å². The number of aromatic nitrogens is 1. The highest BCUT2D eigenvalue weighted by Crippen LogP contribution is 2.24. The summed E-state index contributed by atoms with van der Waals surface area (Å²) in [4.78, 5) is 35.3. The van der Waals surface area contributed by atoms with E-state index in [1.165, 1.54) is 18.3 Å². The first-order valence-corrected chi connectivity index (χ1v) is 7.18. The SMILES string of the molecule is CC(=O)Nc1ncsc1Br.O=C1CCC(=O)N1Br.